The number of unbranched alkanes of at least 4 members (excludes halogenated alkanes) is 1. The third-order valence-corrected chi connectivity index (χ3v) is 7.74. The Morgan fingerprint density at radius 1 is 0.812 bits per heavy atom. The van der Waals surface area contributed by atoms with E-state index in [1.165, 1.54) is 0 Å². The number of rotatable bonds is 14. The Hall–Kier alpha value is -2.52. The molecule has 2 aromatic carbocycles. The molecule has 0 spiro atoms. The first-order valence-corrected chi connectivity index (χ1v) is 13.0. The van der Waals surface area contributed by atoms with E-state index in [9.17, 15) is 9.59 Å². The standard InChI is InChI=1S/C24H33NO6Si/c1-4-28-32(29-5-2,30-6-3)19-11-10-14-23(26)25-21-15-17-22(18-16-21)31-24(27)20-12-8-7-9-13-20/h7-9,12-13,15-18H,4-6,10-11,14,19H2,1-3H3,(H,25,26). The Balaban J connectivity index is 1.77. The largest absolute Gasteiger partial charge is 0.500 e. The lowest BCUT2D eigenvalue weighted by atomic mass is 10.2. The Morgan fingerprint density at radius 2 is 1.41 bits per heavy atom. The van der Waals surface area contributed by atoms with E-state index in [0.29, 0.717) is 55.7 Å². The monoisotopic (exact) mass is 459 g/mol. The van der Waals surface area contributed by atoms with E-state index in [1.807, 2.05) is 26.8 Å². The van der Waals surface area contributed by atoms with Crippen LogP contribution in [0.15, 0.2) is 54.6 Å². The lowest BCUT2D eigenvalue weighted by Gasteiger charge is -2.28. The molecule has 1 N–H and O–H groups in total. The number of amides is 1. The highest BCUT2D eigenvalue weighted by atomic mass is 28.4. The van der Waals surface area contributed by atoms with Crippen molar-refractivity contribution >= 4 is 26.4 Å². The smallest absolute Gasteiger partial charge is 0.423 e. The Labute approximate surface area is 191 Å². The fourth-order valence-corrected chi connectivity index (χ4v) is 5.88. The summed E-state index contributed by atoms with van der Waals surface area (Å²) >= 11 is 0. The number of carbonyl (C=O) groups excluding carboxylic acids is 2. The number of hydrogen-bond acceptors (Lipinski definition) is 6. The summed E-state index contributed by atoms with van der Waals surface area (Å²) in [7, 11) is -2.66. The molecular formula is C24H33NO6Si. The van der Waals surface area contributed by atoms with Crippen LogP contribution in [0.1, 0.15) is 50.4 Å². The molecule has 0 atom stereocenters. The summed E-state index contributed by atoms with van der Waals surface area (Å²) in [4.78, 5) is 24.4. The van der Waals surface area contributed by atoms with Crippen molar-refractivity contribution in [1.82, 2.24) is 0 Å². The number of anilines is 1. The molecule has 0 radical (unpaired) electrons. The second kappa shape index (κ2) is 13.8. The summed E-state index contributed by atoms with van der Waals surface area (Å²) in [5, 5.41) is 2.87. The molecule has 0 aliphatic carbocycles. The van der Waals surface area contributed by atoms with Crippen LogP contribution in [0.25, 0.3) is 0 Å². The molecule has 0 heterocycles. The Kier molecular flexibility index (Phi) is 11.1. The van der Waals surface area contributed by atoms with Gasteiger partial charge in [-0.05, 0) is 70.0 Å². The summed E-state index contributed by atoms with van der Waals surface area (Å²) in [6.07, 6.45) is 1.88. The van der Waals surface area contributed by atoms with Crippen molar-refractivity contribution in [3.63, 3.8) is 0 Å². The maximum Gasteiger partial charge on any atom is 0.500 e. The summed E-state index contributed by atoms with van der Waals surface area (Å²) in [6, 6.07) is 16.2. The highest BCUT2D eigenvalue weighted by Gasteiger charge is 2.39. The molecule has 0 saturated carbocycles. The molecule has 0 saturated heterocycles. The molecule has 0 aliphatic heterocycles. The van der Waals surface area contributed by atoms with Gasteiger partial charge < -0.3 is 23.3 Å². The maximum absolute atomic E-state index is 12.3. The predicted octanol–water partition coefficient (Wildman–Crippen LogP) is 5.06. The van der Waals surface area contributed by atoms with Gasteiger partial charge in [0.25, 0.3) is 0 Å². The van der Waals surface area contributed by atoms with Gasteiger partial charge in [-0.25, -0.2) is 4.79 Å². The van der Waals surface area contributed by atoms with Gasteiger partial charge in [0.15, 0.2) is 0 Å². The van der Waals surface area contributed by atoms with Gasteiger partial charge in [-0.15, -0.1) is 0 Å². The molecule has 7 nitrogen and oxygen atoms in total. The fourth-order valence-electron chi connectivity index (χ4n) is 3.20. The highest BCUT2D eigenvalue weighted by Crippen LogP contribution is 2.21. The summed E-state index contributed by atoms with van der Waals surface area (Å²) in [5.74, 6) is -0.0791. The van der Waals surface area contributed by atoms with Crippen LogP contribution in [0.2, 0.25) is 6.04 Å². The van der Waals surface area contributed by atoms with Gasteiger partial charge in [-0.3, -0.25) is 4.79 Å². The summed E-state index contributed by atoms with van der Waals surface area (Å²) in [5.41, 5.74) is 1.13. The molecule has 1 amide bonds. The third-order valence-electron chi connectivity index (χ3n) is 4.59. The Morgan fingerprint density at radius 3 is 1.97 bits per heavy atom. The van der Waals surface area contributed by atoms with Gasteiger partial charge in [-0.1, -0.05) is 18.2 Å². The lowest BCUT2D eigenvalue weighted by Crippen LogP contribution is -2.45. The van der Waals surface area contributed by atoms with Crippen LogP contribution in [0.4, 0.5) is 5.69 Å². The molecule has 2 rings (SSSR count). The minimum atomic E-state index is -2.66. The first-order valence-electron chi connectivity index (χ1n) is 11.1. The van der Waals surface area contributed by atoms with Crippen LogP contribution >= 0.6 is 0 Å². The second-order valence-electron chi connectivity index (χ2n) is 7.02. The number of carbonyl (C=O) groups is 2. The van der Waals surface area contributed by atoms with E-state index in [2.05, 4.69) is 5.32 Å². The second-order valence-corrected chi connectivity index (χ2v) is 9.75. The molecule has 0 unspecified atom stereocenters. The van der Waals surface area contributed by atoms with Crippen LogP contribution in [-0.4, -0.2) is 40.5 Å². The van der Waals surface area contributed by atoms with Crippen LogP contribution in [0.3, 0.4) is 0 Å². The van der Waals surface area contributed by atoms with E-state index < -0.39 is 14.8 Å². The molecule has 8 heteroatoms. The zero-order valence-corrected chi connectivity index (χ0v) is 20.1. The molecule has 0 bridgehead atoms. The van der Waals surface area contributed by atoms with E-state index in [1.54, 1.807) is 48.5 Å². The number of benzene rings is 2. The topological polar surface area (TPSA) is 83.1 Å². The minimum absolute atomic E-state index is 0.0736. The van der Waals surface area contributed by atoms with Gasteiger partial charge >= 0.3 is 14.8 Å². The number of ether oxygens (including phenoxy) is 1. The average molecular weight is 460 g/mol. The first-order chi connectivity index (χ1) is 15.5. The SMILES string of the molecule is CCO[Si](CCCCC(=O)Nc1ccc(OC(=O)c2ccccc2)cc1)(OCC)OCC. The fraction of sp³-hybridized carbons (Fsp3) is 0.417. The van der Waals surface area contributed by atoms with Crippen molar-refractivity contribution in [2.75, 3.05) is 25.1 Å². The molecule has 0 aromatic heterocycles. The molecule has 32 heavy (non-hydrogen) atoms. The quantitative estimate of drug-likeness (QED) is 0.184. The Bertz CT molecular complexity index is 811. The van der Waals surface area contributed by atoms with E-state index in [0.717, 1.165) is 6.42 Å². The highest BCUT2D eigenvalue weighted by molar-refractivity contribution is 6.60. The zero-order valence-electron chi connectivity index (χ0n) is 19.1. The molecule has 0 fully saturated rings. The third kappa shape index (κ3) is 8.55. The van der Waals surface area contributed by atoms with Crippen molar-refractivity contribution in [3.8, 4) is 5.75 Å². The van der Waals surface area contributed by atoms with E-state index >= 15 is 0 Å². The van der Waals surface area contributed by atoms with Gasteiger partial charge in [-0.2, -0.15) is 0 Å². The normalized spacial score (nSPS) is 11.2. The van der Waals surface area contributed by atoms with Crippen LogP contribution in [-0.2, 0) is 18.1 Å². The minimum Gasteiger partial charge on any atom is -0.423 e. The predicted molar refractivity (Wildman–Crippen MR) is 126 cm³/mol. The summed E-state index contributed by atoms with van der Waals surface area (Å²) in [6.45, 7) is 7.43. The number of esters is 1. The molecule has 174 valence electrons. The average Bonchev–Trinajstić information content (AvgIpc) is 2.79. The molecular weight excluding hydrogens is 426 g/mol. The van der Waals surface area contributed by atoms with E-state index in [4.69, 9.17) is 18.0 Å². The van der Waals surface area contributed by atoms with Gasteiger partial charge in [0.1, 0.15) is 5.75 Å². The zero-order chi connectivity index (χ0) is 23.2. The van der Waals surface area contributed by atoms with Crippen LogP contribution in [0.5, 0.6) is 5.75 Å². The van der Waals surface area contributed by atoms with Gasteiger partial charge in [0, 0.05) is 38.0 Å². The van der Waals surface area contributed by atoms with Crippen molar-refractivity contribution in [2.24, 2.45) is 0 Å². The maximum atomic E-state index is 12.3. The van der Waals surface area contributed by atoms with Gasteiger partial charge in [0.2, 0.25) is 5.91 Å². The van der Waals surface area contributed by atoms with E-state index in [-0.39, 0.29) is 5.91 Å². The van der Waals surface area contributed by atoms with Crippen molar-refractivity contribution in [3.05, 3.63) is 60.2 Å². The van der Waals surface area contributed by atoms with Crippen LogP contribution in [0, 0.1) is 0 Å². The summed E-state index contributed by atoms with van der Waals surface area (Å²) < 4.78 is 22.9. The first kappa shape index (κ1) is 25.7. The lowest BCUT2D eigenvalue weighted by molar-refractivity contribution is -0.116. The van der Waals surface area contributed by atoms with Crippen molar-refractivity contribution in [2.45, 2.75) is 46.1 Å². The van der Waals surface area contributed by atoms with Crippen LogP contribution < -0.4 is 10.1 Å². The number of hydrogen-bond donors (Lipinski definition) is 1. The van der Waals surface area contributed by atoms with Crippen molar-refractivity contribution < 1.29 is 27.6 Å². The number of nitrogens with one attached hydrogen (secondary N) is 1. The molecule has 0 aliphatic rings. The van der Waals surface area contributed by atoms with Crippen molar-refractivity contribution in [1.29, 1.82) is 0 Å². The molecule has 2 aromatic rings. The van der Waals surface area contributed by atoms with Gasteiger partial charge in [0.05, 0.1) is 5.56 Å².